The van der Waals surface area contributed by atoms with Crippen LogP contribution in [0.4, 0.5) is 0 Å². The van der Waals surface area contributed by atoms with Crippen molar-refractivity contribution in [2.75, 3.05) is 20.2 Å². The fraction of sp³-hybridized carbons (Fsp3) is 0.808. The van der Waals surface area contributed by atoms with Crippen LogP contribution < -0.4 is 5.32 Å². The summed E-state index contributed by atoms with van der Waals surface area (Å²) < 4.78 is 10.6. The highest BCUT2D eigenvalue weighted by Crippen LogP contribution is 2.16. The monoisotopic (exact) mass is 469 g/mol. The Morgan fingerprint density at radius 2 is 1.61 bits per heavy atom. The van der Waals surface area contributed by atoms with E-state index in [9.17, 15) is 19.5 Å². The third kappa shape index (κ3) is 20.6. The number of carbonyl (C=O) groups excluding carboxylic acids is 3. The molecule has 0 aliphatic heterocycles. The number of hydrogen-bond donors (Lipinski definition) is 2. The maximum absolute atomic E-state index is 12.2. The molecule has 192 valence electrons. The summed E-state index contributed by atoms with van der Waals surface area (Å²) in [6, 6.07) is 0. The summed E-state index contributed by atoms with van der Waals surface area (Å²) >= 11 is 0. The second-order valence-electron chi connectivity index (χ2n) is 8.49. The van der Waals surface area contributed by atoms with Crippen molar-refractivity contribution >= 4 is 18.2 Å². The lowest BCUT2D eigenvalue weighted by Crippen LogP contribution is -2.31. The number of unbranched alkanes of at least 4 members (excludes halogenated alkanes) is 8. The molecule has 2 N–H and O–H groups in total. The highest BCUT2D eigenvalue weighted by molar-refractivity contribution is 5.72. The molecule has 0 bridgehead atoms. The minimum absolute atomic E-state index is 0.140. The van der Waals surface area contributed by atoms with Gasteiger partial charge in [0.15, 0.2) is 0 Å². The van der Waals surface area contributed by atoms with E-state index in [4.69, 9.17) is 9.47 Å². The van der Waals surface area contributed by atoms with Gasteiger partial charge >= 0.3 is 11.9 Å². The van der Waals surface area contributed by atoms with Gasteiger partial charge in [0.25, 0.3) is 0 Å². The summed E-state index contributed by atoms with van der Waals surface area (Å²) in [5.74, 6) is -0.694. The van der Waals surface area contributed by atoms with Gasteiger partial charge < -0.3 is 24.7 Å². The summed E-state index contributed by atoms with van der Waals surface area (Å²) in [4.78, 5) is 34.1. The van der Waals surface area contributed by atoms with Crippen LogP contribution in [-0.4, -0.2) is 55.7 Å². The van der Waals surface area contributed by atoms with Crippen molar-refractivity contribution in [3.05, 3.63) is 12.2 Å². The zero-order valence-electron chi connectivity index (χ0n) is 20.9. The van der Waals surface area contributed by atoms with Gasteiger partial charge in [0.05, 0.1) is 6.10 Å². The number of aldehydes is 1. The Bertz CT molecular complexity index is 523. The normalized spacial score (nSPS) is 13.1. The van der Waals surface area contributed by atoms with Gasteiger partial charge in [0, 0.05) is 25.8 Å². The summed E-state index contributed by atoms with van der Waals surface area (Å²) in [6.07, 6.45) is 15.7. The van der Waals surface area contributed by atoms with Crippen LogP contribution in [0.5, 0.6) is 0 Å². The van der Waals surface area contributed by atoms with Crippen LogP contribution >= 0.6 is 0 Å². The Balaban J connectivity index is 4.23. The molecule has 7 nitrogen and oxygen atoms in total. The Hall–Kier alpha value is -1.73. The predicted octanol–water partition coefficient (Wildman–Crippen LogP) is 4.65. The molecule has 2 unspecified atom stereocenters. The van der Waals surface area contributed by atoms with Crippen LogP contribution in [0.3, 0.4) is 0 Å². The fourth-order valence-corrected chi connectivity index (χ4v) is 3.39. The molecular formula is C26H47NO6. The first-order valence-corrected chi connectivity index (χ1v) is 12.8. The quantitative estimate of drug-likeness (QED) is 0.0972. The van der Waals surface area contributed by atoms with E-state index < -0.39 is 12.2 Å². The van der Waals surface area contributed by atoms with Crippen LogP contribution in [0, 0.1) is 0 Å². The van der Waals surface area contributed by atoms with E-state index in [1.54, 1.807) is 7.05 Å². The number of likely N-dealkylation sites (N-methyl/N-ethyl adjacent to an activating group) is 1. The Morgan fingerprint density at radius 3 is 2.30 bits per heavy atom. The zero-order chi connectivity index (χ0) is 24.6. The number of esters is 2. The number of ether oxygens (including phenoxy) is 2. The lowest BCUT2D eigenvalue weighted by Gasteiger charge is -2.22. The summed E-state index contributed by atoms with van der Waals surface area (Å²) in [5, 5.41) is 13.5. The number of carbonyl (C=O) groups is 3. The van der Waals surface area contributed by atoms with Gasteiger partial charge in [0.2, 0.25) is 0 Å². The summed E-state index contributed by atoms with van der Waals surface area (Å²) in [5.41, 5.74) is 0. The van der Waals surface area contributed by atoms with Gasteiger partial charge in [-0.05, 0) is 52.0 Å². The predicted molar refractivity (Wildman–Crippen MR) is 131 cm³/mol. The van der Waals surface area contributed by atoms with Crippen LogP contribution in [0.2, 0.25) is 0 Å². The molecule has 0 saturated heterocycles. The molecule has 0 aromatic rings. The van der Waals surface area contributed by atoms with Gasteiger partial charge in [-0.25, -0.2) is 0 Å². The maximum Gasteiger partial charge on any atom is 0.306 e. The van der Waals surface area contributed by atoms with E-state index in [0.717, 1.165) is 64.1 Å². The average molecular weight is 470 g/mol. The largest absolute Gasteiger partial charge is 0.464 e. The third-order valence-electron chi connectivity index (χ3n) is 5.42. The summed E-state index contributed by atoms with van der Waals surface area (Å²) in [6.45, 7) is 3.03. The molecule has 0 aromatic heterocycles. The molecule has 0 rings (SSSR count). The smallest absolute Gasteiger partial charge is 0.306 e. The lowest BCUT2D eigenvalue weighted by atomic mass is 10.0. The fourth-order valence-electron chi connectivity index (χ4n) is 3.39. The Morgan fingerprint density at radius 1 is 0.909 bits per heavy atom. The van der Waals surface area contributed by atoms with Gasteiger partial charge in [0.1, 0.15) is 19.0 Å². The van der Waals surface area contributed by atoms with Gasteiger partial charge in [-0.2, -0.15) is 0 Å². The van der Waals surface area contributed by atoms with Gasteiger partial charge in [-0.1, -0.05) is 51.2 Å². The van der Waals surface area contributed by atoms with Crippen molar-refractivity contribution in [3.63, 3.8) is 0 Å². The first-order valence-electron chi connectivity index (χ1n) is 12.8. The molecule has 0 radical (unpaired) electrons. The number of allylic oxidation sites excluding steroid dienone is 1. The molecule has 0 spiro atoms. The molecule has 0 aliphatic carbocycles. The van der Waals surface area contributed by atoms with E-state index in [1.165, 1.54) is 0 Å². The Kier molecular flexibility index (Phi) is 22.2. The molecule has 2 atom stereocenters. The van der Waals surface area contributed by atoms with Crippen LogP contribution in [0.1, 0.15) is 103 Å². The molecule has 0 saturated carbocycles. The van der Waals surface area contributed by atoms with Crippen LogP contribution in [-0.2, 0) is 23.9 Å². The van der Waals surface area contributed by atoms with Crippen molar-refractivity contribution < 1.29 is 29.0 Å². The van der Waals surface area contributed by atoms with Crippen molar-refractivity contribution in [3.8, 4) is 0 Å². The third-order valence-corrected chi connectivity index (χ3v) is 5.42. The second-order valence-corrected chi connectivity index (χ2v) is 8.49. The van der Waals surface area contributed by atoms with E-state index in [2.05, 4.69) is 18.3 Å². The second kappa shape index (κ2) is 23.4. The minimum Gasteiger partial charge on any atom is -0.464 e. The molecule has 0 amide bonds. The molecule has 0 aromatic carbocycles. The first-order chi connectivity index (χ1) is 16.0. The van der Waals surface area contributed by atoms with E-state index in [1.807, 2.05) is 6.08 Å². The lowest BCUT2D eigenvalue weighted by molar-refractivity contribution is -0.156. The van der Waals surface area contributed by atoms with Gasteiger partial charge in [-0.3, -0.25) is 9.59 Å². The first kappa shape index (κ1) is 31.3. The highest BCUT2D eigenvalue weighted by atomic mass is 16.6. The molecule has 0 heterocycles. The summed E-state index contributed by atoms with van der Waals surface area (Å²) in [7, 11) is 1.78. The topological polar surface area (TPSA) is 102 Å². The van der Waals surface area contributed by atoms with E-state index in [0.29, 0.717) is 38.8 Å². The van der Waals surface area contributed by atoms with Crippen LogP contribution in [0.15, 0.2) is 12.2 Å². The molecule has 0 aliphatic rings. The molecule has 33 heavy (non-hydrogen) atoms. The Labute approximate surface area is 200 Å². The van der Waals surface area contributed by atoms with E-state index in [-0.39, 0.29) is 24.8 Å². The molecular weight excluding hydrogens is 422 g/mol. The number of nitrogens with one attached hydrogen (secondary N) is 1. The van der Waals surface area contributed by atoms with Crippen molar-refractivity contribution in [2.45, 2.75) is 115 Å². The molecule has 7 heteroatoms. The van der Waals surface area contributed by atoms with Gasteiger partial charge in [-0.15, -0.1) is 0 Å². The number of aliphatic hydroxyl groups is 1. The maximum atomic E-state index is 12.2. The minimum atomic E-state index is -0.725. The number of hydrogen-bond acceptors (Lipinski definition) is 7. The highest BCUT2D eigenvalue weighted by Gasteiger charge is 2.22. The standard InChI is InChI=1S/C26H47NO6/c1-3-4-12-17-24(33-26(31)19-15-18-25(30)32-22-20-27-2)23(29)16-13-10-8-6-5-7-9-11-14-21-28/h10,13,21,23-24,27,29H,3-9,11-12,14-20,22H2,1-2H3/b13-10-. The number of rotatable bonds is 23. The zero-order valence-corrected chi connectivity index (χ0v) is 20.9. The van der Waals surface area contributed by atoms with Crippen LogP contribution in [0.25, 0.3) is 0 Å². The number of aliphatic hydroxyl groups excluding tert-OH is 1. The SMILES string of the molecule is CCCCCC(OC(=O)CCCC(=O)OCCNC)C(O)C/C=C\CCCCCCCC=O. The van der Waals surface area contributed by atoms with E-state index >= 15 is 0 Å². The van der Waals surface area contributed by atoms with Crippen molar-refractivity contribution in [2.24, 2.45) is 0 Å². The average Bonchev–Trinajstić information content (AvgIpc) is 2.79. The van der Waals surface area contributed by atoms with Crippen molar-refractivity contribution in [1.82, 2.24) is 5.32 Å². The molecule has 0 fully saturated rings. The van der Waals surface area contributed by atoms with Crippen molar-refractivity contribution in [1.29, 1.82) is 0 Å².